The van der Waals surface area contributed by atoms with Crippen molar-refractivity contribution in [3.63, 3.8) is 0 Å². The molecule has 1 heterocycles. The fourth-order valence-electron chi connectivity index (χ4n) is 2.51. The molecule has 1 aromatic heterocycles. The zero-order valence-electron chi connectivity index (χ0n) is 9.48. The van der Waals surface area contributed by atoms with E-state index in [4.69, 9.17) is 0 Å². The summed E-state index contributed by atoms with van der Waals surface area (Å²) in [6.45, 7) is 0. The SMILES string of the molecule is Brc1cccc2sc3c4ccccc4ccc3c12. The number of benzene rings is 3. The summed E-state index contributed by atoms with van der Waals surface area (Å²) in [4.78, 5) is 0. The quantitative estimate of drug-likeness (QED) is 0.375. The molecule has 0 N–H and O–H groups in total. The van der Waals surface area contributed by atoms with E-state index in [0.29, 0.717) is 0 Å². The fraction of sp³-hybridized carbons (Fsp3) is 0. The first kappa shape index (κ1) is 10.5. The Balaban J connectivity index is 2.34. The van der Waals surface area contributed by atoms with Crippen molar-refractivity contribution in [2.75, 3.05) is 0 Å². The van der Waals surface area contributed by atoms with Crippen LogP contribution in [0, 0.1) is 0 Å². The standard InChI is InChI=1S/C16H9BrS/c17-13-6-3-7-14-15(13)12-9-8-10-4-1-2-5-11(10)16(12)18-14/h1-9H. The molecule has 4 aromatic rings. The molecule has 0 saturated carbocycles. The highest BCUT2D eigenvalue weighted by molar-refractivity contribution is 9.10. The van der Waals surface area contributed by atoms with Gasteiger partial charge in [-0.05, 0) is 22.9 Å². The van der Waals surface area contributed by atoms with E-state index < -0.39 is 0 Å². The van der Waals surface area contributed by atoms with E-state index in [-0.39, 0.29) is 0 Å². The first-order valence-electron chi connectivity index (χ1n) is 5.83. The summed E-state index contributed by atoms with van der Waals surface area (Å²) in [5.74, 6) is 0. The Morgan fingerprint density at radius 3 is 2.61 bits per heavy atom. The summed E-state index contributed by atoms with van der Waals surface area (Å²) >= 11 is 5.54. The highest BCUT2D eigenvalue weighted by atomic mass is 79.9. The molecule has 2 heteroatoms. The third kappa shape index (κ3) is 1.36. The van der Waals surface area contributed by atoms with Gasteiger partial charge in [0.25, 0.3) is 0 Å². The molecule has 0 aliphatic rings. The van der Waals surface area contributed by atoms with Crippen molar-refractivity contribution in [1.82, 2.24) is 0 Å². The second-order valence-electron chi connectivity index (χ2n) is 4.38. The van der Waals surface area contributed by atoms with Gasteiger partial charge in [-0.15, -0.1) is 11.3 Å². The van der Waals surface area contributed by atoms with Gasteiger partial charge in [-0.1, -0.05) is 58.4 Å². The lowest BCUT2D eigenvalue weighted by Gasteiger charge is -1.99. The zero-order valence-corrected chi connectivity index (χ0v) is 11.9. The van der Waals surface area contributed by atoms with Crippen LogP contribution in [-0.4, -0.2) is 0 Å². The Labute approximate surface area is 117 Å². The first-order chi connectivity index (χ1) is 8.84. The predicted molar refractivity (Wildman–Crippen MR) is 84.5 cm³/mol. The molecule has 0 unspecified atom stereocenters. The van der Waals surface area contributed by atoms with Crippen LogP contribution in [0.5, 0.6) is 0 Å². The third-order valence-electron chi connectivity index (χ3n) is 3.34. The maximum Gasteiger partial charge on any atom is 0.0434 e. The normalized spacial score (nSPS) is 11.6. The summed E-state index contributed by atoms with van der Waals surface area (Å²) in [5, 5.41) is 5.35. The summed E-state index contributed by atoms with van der Waals surface area (Å²) < 4.78 is 3.91. The van der Waals surface area contributed by atoms with Gasteiger partial charge in [0.05, 0.1) is 0 Å². The molecule has 3 aromatic carbocycles. The Morgan fingerprint density at radius 2 is 1.67 bits per heavy atom. The van der Waals surface area contributed by atoms with Gasteiger partial charge in [-0.3, -0.25) is 0 Å². The molecule has 0 fully saturated rings. The van der Waals surface area contributed by atoms with Crippen molar-refractivity contribution >= 4 is 58.2 Å². The summed E-state index contributed by atoms with van der Waals surface area (Å²) in [5.41, 5.74) is 0. The van der Waals surface area contributed by atoms with Crippen molar-refractivity contribution in [1.29, 1.82) is 0 Å². The minimum absolute atomic E-state index is 1.18. The van der Waals surface area contributed by atoms with Crippen LogP contribution in [0.3, 0.4) is 0 Å². The van der Waals surface area contributed by atoms with Gasteiger partial charge in [0.1, 0.15) is 0 Å². The predicted octanol–water partition coefficient (Wildman–Crippen LogP) is 5.97. The van der Waals surface area contributed by atoms with Crippen molar-refractivity contribution in [2.24, 2.45) is 0 Å². The molecule has 0 aliphatic carbocycles. The van der Waals surface area contributed by atoms with Crippen LogP contribution < -0.4 is 0 Å². The van der Waals surface area contributed by atoms with Gasteiger partial charge in [0.2, 0.25) is 0 Å². The smallest absolute Gasteiger partial charge is 0.0434 e. The van der Waals surface area contributed by atoms with Crippen LogP contribution in [0.1, 0.15) is 0 Å². The van der Waals surface area contributed by atoms with Gasteiger partial charge >= 0.3 is 0 Å². The largest absolute Gasteiger partial charge is 0.134 e. The van der Waals surface area contributed by atoms with Gasteiger partial charge in [0, 0.05) is 24.6 Å². The second kappa shape index (κ2) is 3.81. The minimum Gasteiger partial charge on any atom is -0.134 e. The molecule has 0 aliphatic heterocycles. The van der Waals surface area contributed by atoms with Crippen LogP contribution in [0.2, 0.25) is 0 Å². The van der Waals surface area contributed by atoms with E-state index in [1.54, 1.807) is 0 Å². The molecular weight excluding hydrogens is 304 g/mol. The number of halogens is 1. The molecule has 0 nitrogen and oxygen atoms in total. The maximum absolute atomic E-state index is 3.67. The number of thiophene rings is 1. The van der Waals surface area contributed by atoms with Crippen molar-refractivity contribution in [2.45, 2.75) is 0 Å². The van der Waals surface area contributed by atoms with E-state index in [0.717, 1.165) is 0 Å². The number of fused-ring (bicyclic) bond motifs is 5. The number of rotatable bonds is 0. The average Bonchev–Trinajstić information content (AvgIpc) is 2.79. The first-order valence-corrected chi connectivity index (χ1v) is 7.44. The van der Waals surface area contributed by atoms with Gasteiger partial charge < -0.3 is 0 Å². The van der Waals surface area contributed by atoms with E-state index in [1.165, 1.54) is 35.4 Å². The highest BCUT2D eigenvalue weighted by Crippen LogP contribution is 2.41. The monoisotopic (exact) mass is 312 g/mol. The van der Waals surface area contributed by atoms with E-state index in [2.05, 4.69) is 70.5 Å². The van der Waals surface area contributed by atoms with Crippen molar-refractivity contribution in [3.8, 4) is 0 Å². The van der Waals surface area contributed by atoms with E-state index >= 15 is 0 Å². The van der Waals surface area contributed by atoms with Gasteiger partial charge in [-0.25, -0.2) is 0 Å². The van der Waals surface area contributed by atoms with Crippen LogP contribution in [0.15, 0.2) is 59.1 Å². The van der Waals surface area contributed by atoms with Gasteiger partial charge in [-0.2, -0.15) is 0 Å². The Bertz CT molecular complexity index is 889. The summed E-state index contributed by atoms with van der Waals surface area (Å²) in [7, 11) is 0. The summed E-state index contributed by atoms with van der Waals surface area (Å²) in [6.07, 6.45) is 0. The van der Waals surface area contributed by atoms with Crippen molar-refractivity contribution in [3.05, 3.63) is 59.1 Å². The molecule has 0 saturated heterocycles. The van der Waals surface area contributed by atoms with Crippen LogP contribution >= 0.6 is 27.3 Å². The number of hydrogen-bond acceptors (Lipinski definition) is 1. The molecule has 18 heavy (non-hydrogen) atoms. The molecule has 0 atom stereocenters. The third-order valence-corrected chi connectivity index (χ3v) is 5.20. The Morgan fingerprint density at radius 1 is 0.778 bits per heavy atom. The van der Waals surface area contributed by atoms with Crippen LogP contribution in [0.4, 0.5) is 0 Å². The lowest BCUT2D eigenvalue weighted by atomic mass is 10.1. The molecular formula is C16H9BrS. The molecule has 86 valence electrons. The zero-order chi connectivity index (χ0) is 12.1. The van der Waals surface area contributed by atoms with Gasteiger partial charge in [0.15, 0.2) is 0 Å². The minimum atomic E-state index is 1.18. The Kier molecular flexibility index (Phi) is 2.23. The molecule has 0 amide bonds. The number of hydrogen-bond donors (Lipinski definition) is 0. The topological polar surface area (TPSA) is 0 Å². The molecule has 0 radical (unpaired) electrons. The fourth-order valence-corrected chi connectivity index (χ4v) is 4.49. The molecule has 0 spiro atoms. The van der Waals surface area contributed by atoms with E-state index in [1.807, 2.05) is 11.3 Å². The highest BCUT2D eigenvalue weighted by Gasteiger charge is 2.09. The average molecular weight is 313 g/mol. The molecule has 0 bridgehead atoms. The lowest BCUT2D eigenvalue weighted by molar-refractivity contribution is 1.79. The van der Waals surface area contributed by atoms with Crippen molar-refractivity contribution < 1.29 is 0 Å². The lowest BCUT2D eigenvalue weighted by Crippen LogP contribution is -1.72. The summed E-state index contributed by atoms with van der Waals surface area (Å²) in [6, 6.07) is 19.4. The van der Waals surface area contributed by atoms with Crippen LogP contribution in [0.25, 0.3) is 30.9 Å². The molecule has 4 rings (SSSR count). The Hall–Kier alpha value is -1.38. The van der Waals surface area contributed by atoms with E-state index in [9.17, 15) is 0 Å². The second-order valence-corrected chi connectivity index (χ2v) is 6.28. The maximum atomic E-state index is 3.67. The van der Waals surface area contributed by atoms with Crippen LogP contribution in [-0.2, 0) is 0 Å².